The van der Waals surface area contributed by atoms with Crippen molar-refractivity contribution in [3.63, 3.8) is 0 Å². The van der Waals surface area contributed by atoms with Gasteiger partial charge in [0, 0.05) is 6.21 Å². The van der Waals surface area contributed by atoms with Crippen molar-refractivity contribution < 1.29 is 4.74 Å². The van der Waals surface area contributed by atoms with Gasteiger partial charge in [0.05, 0.1) is 0 Å². The van der Waals surface area contributed by atoms with Crippen molar-refractivity contribution in [2.45, 2.75) is 53.1 Å². The van der Waals surface area contributed by atoms with E-state index < -0.39 is 0 Å². The summed E-state index contributed by atoms with van der Waals surface area (Å²) in [5.41, 5.74) is 2.99. The molecule has 2 nitrogen and oxygen atoms in total. The van der Waals surface area contributed by atoms with E-state index in [1.54, 1.807) is 0 Å². The number of allylic oxidation sites excluding steroid dienone is 1. The van der Waals surface area contributed by atoms with Gasteiger partial charge in [-0.25, -0.2) is 4.99 Å². The Kier molecular flexibility index (Phi) is 7.96. The molecule has 0 aliphatic carbocycles. The molecule has 0 atom stereocenters. The van der Waals surface area contributed by atoms with Crippen LogP contribution in [0.2, 0.25) is 0 Å². The smallest absolute Gasteiger partial charge is 0.259 e. The summed E-state index contributed by atoms with van der Waals surface area (Å²) < 4.78 is 5.67. The Labute approximate surface area is 87.4 Å². The first kappa shape index (κ1) is 13.0. The predicted octanol–water partition coefficient (Wildman–Crippen LogP) is 3.69. The number of ether oxygens (including phenoxy) is 1. The van der Waals surface area contributed by atoms with Crippen molar-refractivity contribution in [3.05, 3.63) is 17.7 Å². The van der Waals surface area contributed by atoms with Gasteiger partial charge < -0.3 is 4.74 Å². The fourth-order valence-corrected chi connectivity index (χ4v) is 1.01. The zero-order valence-corrected chi connectivity index (χ0v) is 9.71. The van der Waals surface area contributed by atoms with Crippen LogP contribution in [0.25, 0.3) is 0 Å². The second kappa shape index (κ2) is 8.58. The molecule has 0 fully saturated rings. The van der Waals surface area contributed by atoms with Gasteiger partial charge in [0.1, 0.15) is 6.10 Å². The lowest BCUT2D eigenvalue weighted by atomic mass is 10.2. The molecule has 0 aromatic rings. The molecule has 0 saturated carbocycles. The highest BCUT2D eigenvalue weighted by molar-refractivity contribution is 5.57. The van der Waals surface area contributed by atoms with E-state index in [1.807, 2.05) is 26.1 Å². The van der Waals surface area contributed by atoms with Gasteiger partial charge in [0.25, 0.3) is 5.88 Å². The number of hydrogen-bond donors (Lipinski definition) is 0. The van der Waals surface area contributed by atoms with E-state index in [4.69, 9.17) is 4.74 Å². The lowest BCUT2D eigenvalue weighted by Crippen LogP contribution is -2.08. The van der Waals surface area contributed by atoms with E-state index in [1.165, 1.54) is 0 Å². The standard InChI is InChI=1S/C12H21NO/c1-5-9-12(13-10-6-2)14-11(7-3)8-4/h5,10-11H,6-8H2,1-4H3. The Morgan fingerprint density at radius 1 is 1.36 bits per heavy atom. The average molecular weight is 195 g/mol. The molecule has 2 heteroatoms. The van der Waals surface area contributed by atoms with Gasteiger partial charge in [-0.3, -0.25) is 0 Å². The highest BCUT2D eigenvalue weighted by atomic mass is 16.5. The fourth-order valence-electron chi connectivity index (χ4n) is 1.01. The number of rotatable bonds is 6. The number of aliphatic imine (C=N–C) groups is 1. The van der Waals surface area contributed by atoms with Gasteiger partial charge >= 0.3 is 0 Å². The molecule has 0 aromatic carbocycles. The summed E-state index contributed by atoms with van der Waals surface area (Å²) in [5.74, 6) is 0.600. The number of nitrogens with zero attached hydrogens (tertiary/aromatic N) is 1. The van der Waals surface area contributed by atoms with Gasteiger partial charge in [0.15, 0.2) is 0 Å². The average Bonchev–Trinajstić information content (AvgIpc) is 2.22. The maximum Gasteiger partial charge on any atom is 0.259 e. The largest absolute Gasteiger partial charge is 0.469 e. The zero-order chi connectivity index (χ0) is 10.8. The van der Waals surface area contributed by atoms with Crippen LogP contribution in [-0.4, -0.2) is 12.3 Å². The van der Waals surface area contributed by atoms with Crippen LogP contribution in [0.15, 0.2) is 22.7 Å². The first-order valence-corrected chi connectivity index (χ1v) is 5.38. The van der Waals surface area contributed by atoms with Crippen molar-refractivity contribution >= 4 is 6.21 Å². The highest BCUT2D eigenvalue weighted by Gasteiger charge is 2.05. The third-order valence-electron chi connectivity index (χ3n) is 1.85. The molecule has 0 amide bonds. The molecule has 0 N–H and O–H groups in total. The summed E-state index contributed by atoms with van der Waals surface area (Å²) in [4.78, 5) is 4.19. The molecule has 0 aliphatic heterocycles. The second-order valence-electron chi connectivity index (χ2n) is 3.01. The van der Waals surface area contributed by atoms with Gasteiger partial charge in [-0.15, -0.1) is 0 Å². The van der Waals surface area contributed by atoms with E-state index >= 15 is 0 Å². The van der Waals surface area contributed by atoms with Crippen LogP contribution in [0, 0.1) is 0 Å². The van der Waals surface area contributed by atoms with Crippen molar-refractivity contribution in [1.29, 1.82) is 0 Å². The summed E-state index contributed by atoms with van der Waals surface area (Å²) in [7, 11) is 0. The Morgan fingerprint density at radius 3 is 2.43 bits per heavy atom. The van der Waals surface area contributed by atoms with E-state index in [9.17, 15) is 0 Å². The van der Waals surface area contributed by atoms with E-state index in [2.05, 4.69) is 24.6 Å². The van der Waals surface area contributed by atoms with Gasteiger partial charge in [0.2, 0.25) is 0 Å². The molecule has 80 valence electrons. The molecule has 0 rings (SSSR count). The van der Waals surface area contributed by atoms with Crippen molar-refractivity contribution in [1.82, 2.24) is 0 Å². The Bertz CT molecular complexity index is 220. The molecule has 0 saturated heterocycles. The van der Waals surface area contributed by atoms with E-state index in [0.717, 1.165) is 19.3 Å². The van der Waals surface area contributed by atoms with Gasteiger partial charge in [-0.1, -0.05) is 26.5 Å². The minimum atomic E-state index is 0.256. The molecule has 14 heavy (non-hydrogen) atoms. The minimum absolute atomic E-state index is 0.256. The third kappa shape index (κ3) is 5.60. The molecule has 0 aliphatic rings. The van der Waals surface area contributed by atoms with Gasteiger partial charge in [-0.05, 0) is 32.3 Å². The SMILES string of the molecule is CC=C=C(N=CCC)OC(CC)CC. The molecular formula is C12H21NO. The van der Waals surface area contributed by atoms with Crippen LogP contribution in [0.1, 0.15) is 47.0 Å². The lowest BCUT2D eigenvalue weighted by molar-refractivity contribution is 0.108. The summed E-state index contributed by atoms with van der Waals surface area (Å²) in [5, 5.41) is 0. The molecule has 0 spiro atoms. The van der Waals surface area contributed by atoms with Crippen LogP contribution in [0.5, 0.6) is 0 Å². The van der Waals surface area contributed by atoms with Crippen molar-refractivity contribution in [2.75, 3.05) is 0 Å². The zero-order valence-electron chi connectivity index (χ0n) is 9.71. The Hall–Kier alpha value is -1.01. The molecule has 0 bridgehead atoms. The van der Waals surface area contributed by atoms with E-state index in [-0.39, 0.29) is 6.10 Å². The molecule has 0 heterocycles. The van der Waals surface area contributed by atoms with Crippen molar-refractivity contribution in [2.24, 2.45) is 4.99 Å². The fraction of sp³-hybridized carbons (Fsp3) is 0.667. The highest BCUT2D eigenvalue weighted by Crippen LogP contribution is 2.09. The normalized spacial score (nSPS) is 10.4. The quantitative estimate of drug-likeness (QED) is 0.360. The monoisotopic (exact) mass is 195 g/mol. The lowest BCUT2D eigenvalue weighted by Gasteiger charge is -2.13. The first-order valence-electron chi connectivity index (χ1n) is 5.38. The topological polar surface area (TPSA) is 21.6 Å². The molecule has 0 radical (unpaired) electrons. The first-order chi connectivity index (χ1) is 6.78. The van der Waals surface area contributed by atoms with Crippen LogP contribution < -0.4 is 0 Å². The maximum absolute atomic E-state index is 5.67. The van der Waals surface area contributed by atoms with Crippen LogP contribution in [0.3, 0.4) is 0 Å². The molecule has 0 aromatic heterocycles. The van der Waals surface area contributed by atoms with Crippen molar-refractivity contribution in [3.8, 4) is 0 Å². The molecular weight excluding hydrogens is 174 g/mol. The summed E-state index contributed by atoms with van der Waals surface area (Å²) in [6.07, 6.45) is 6.85. The summed E-state index contributed by atoms with van der Waals surface area (Å²) in [6, 6.07) is 0. The van der Waals surface area contributed by atoms with Gasteiger partial charge in [-0.2, -0.15) is 0 Å². The van der Waals surface area contributed by atoms with Crippen LogP contribution in [0.4, 0.5) is 0 Å². The third-order valence-corrected chi connectivity index (χ3v) is 1.85. The maximum atomic E-state index is 5.67. The van der Waals surface area contributed by atoms with Crippen LogP contribution >= 0.6 is 0 Å². The summed E-state index contributed by atoms with van der Waals surface area (Å²) >= 11 is 0. The van der Waals surface area contributed by atoms with Crippen LogP contribution in [-0.2, 0) is 4.74 Å². The molecule has 0 unspecified atom stereocenters. The predicted molar refractivity (Wildman–Crippen MR) is 61.5 cm³/mol. The van der Waals surface area contributed by atoms with E-state index in [0.29, 0.717) is 5.88 Å². The number of hydrogen-bond acceptors (Lipinski definition) is 2. The Morgan fingerprint density at radius 2 is 2.00 bits per heavy atom. The Balaban J connectivity index is 4.38. The second-order valence-corrected chi connectivity index (χ2v) is 3.01. The summed E-state index contributed by atoms with van der Waals surface area (Å²) in [6.45, 7) is 8.20. The minimum Gasteiger partial charge on any atom is -0.469 e.